The standard InChI is InChI=1S/C20H26N6O/c1-3-16(26-17-8-6-5-7-15(17)23-18(26)4-2)20(27)25-11-9-14(10-12-25)19-21-13-22-24-19/h5-8,13-14,16H,3-4,9-12H2,1-2H3,(H,21,22,24). The van der Waals surface area contributed by atoms with E-state index in [4.69, 9.17) is 4.98 Å². The Hall–Kier alpha value is -2.70. The number of hydrogen-bond donors (Lipinski definition) is 1. The summed E-state index contributed by atoms with van der Waals surface area (Å²) < 4.78 is 2.15. The second kappa shape index (κ2) is 7.50. The van der Waals surface area contributed by atoms with Gasteiger partial charge >= 0.3 is 0 Å². The highest BCUT2D eigenvalue weighted by atomic mass is 16.2. The number of aromatic amines is 1. The summed E-state index contributed by atoms with van der Waals surface area (Å²) in [6, 6.07) is 7.89. The quantitative estimate of drug-likeness (QED) is 0.752. The number of para-hydroxylation sites is 2. The van der Waals surface area contributed by atoms with E-state index in [9.17, 15) is 4.79 Å². The molecule has 1 aliphatic heterocycles. The summed E-state index contributed by atoms with van der Waals surface area (Å²) in [7, 11) is 0. The fourth-order valence-corrected chi connectivity index (χ4v) is 4.15. The zero-order chi connectivity index (χ0) is 18.8. The summed E-state index contributed by atoms with van der Waals surface area (Å²) in [4.78, 5) is 24.4. The molecule has 3 heterocycles. The molecule has 0 bridgehead atoms. The topological polar surface area (TPSA) is 79.7 Å². The van der Waals surface area contributed by atoms with Gasteiger partial charge in [0.1, 0.15) is 24.0 Å². The van der Waals surface area contributed by atoms with Crippen molar-refractivity contribution in [2.24, 2.45) is 0 Å². The number of imidazole rings is 1. The lowest BCUT2D eigenvalue weighted by atomic mass is 9.95. The van der Waals surface area contributed by atoms with Crippen LogP contribution in [-0.4, -0.2) is 48.6 Å². The van der Waals surface area contributed by atoms with Crippen LogP contribution in [0.1, 0.15) is 56.7 Å². The number of rotatable bonds is 5. The van der Waals surface area contributed by atoms with E-state index < -0.39 is 0 Å². The third-order valence-corrected chi connectivity index (χ3v) is 5.60. The van der Waals surface area contributed by atoms with Crippen molar-refractivity contribution < 1.29 is 4.79 Å². The molecule has 27 heavy (non-hydrogen) atoms. The minimum Gasteiger partial charge on any atom is -0.341 e. The summed E-state index contributed by atoms with van der Waals surface area (Å²) in [5.41, 5.74) is 2.01. The van der Waals surface area contributed by atoms with Gasteiger partial charge in [0.05, 0.1) is 11.0 Å². The first kappa shape index (κ1) is 17.7. The van der Waals surface area contributed by atoms with Crippen molar-refractivity contribution in [1.82, 2.24) is 29.6 Å². The van der Waals surface area contributed by atoms with Crippen molar-refractivity contribution in [3.8, 4) is 0 Å². The minimum atomic E-state index is -0.200. The molecule has 1 aliphatic rings. The molecule has 7 heteroatoms. The Bertz CT molecular complexity index is 908. The predicted molar refractivity (Wildman–Crippen MR) is 103 cm³/mol. The molecule has 0 radical (unpaired) electrons. The van der Waals surface area contributed by atoms with Crippen LogP contribution in [0.15, 0.2) is 30.6 Å². The Morgan fingerprint density at radius 1 is 1.26 bits per heavy atom. The maximum atomic E-state index is 13.4. The second-order valence-corrected chi connectivity index (χ2v) is 7.13. The van der Waals surface area contributed by atoms with E-state index in [0.717, 1.165) is 61.5 Å². The lowest BCUT2D eigenvalue weighted by molar-refractivity contribution is -0.136. The molecule has 1 atom stereocenters. The molecule has 142 valence electrons. The summed E-state index contributed by atoms with van der Waals surface area (Å²) in [5.74, 6) is 2.47. The molecule has 1 amide bonds. The normalized spacial score (nSPS) is 16.7. The highest BCUT2D eigenvalue weighted by Crippen LogP contribution is 2.29. The summed E-state index contributed by atoms with van der Waals surface area (Å²) in [6.45, 7) is 5.69. The maximum absolute atomic E-state index is 13.4. The van der Waals surface area contributed by atoms with Gasteiger partial charge in [-0.25, -0.2) is 9.97 Å². The fraction of sp³-hybridized carbons (Fsp3) is 0.500. The van der Waals surface area contributed by atoms with Gasteiger partial charge in [-0.05, 0) is 31.4 Å². The van der Waals surface area contributed by atoms with Crippen molar-refractivity contribution >= 4 is 16.9 Å². The molecule has 0 saturated carbocycles. The average Bonchev–Trinajstić information content (AvgIpc) is 3.37. The summed E-state index contributed by atoms with van der Waals surface area (Å²) in [6.07, 6.45) is 4.96. The van der Waals surface area contributed by atoms with E-state index in [1.165, 1.54) is 0 Å². The molecule has 7 nitrogen and oxygen atoms in total. The fourth-order valence-electron chi connectivity index (χ4n) is 4.15. The number of fused-ring (bicyclic) bond motifs is 1. The SMILES string of the molecule is CCc1nc2ccccc2n1C(CC)C(=O)N1CCC(c2ncn[nH]2)CC1. The molecule has 0 aliphatic carbocycles. The van der Waals surface area contributed by atoms with Crippen molar-refractivity contribution in [2.45, 2.75) is 51.5 Å². The van der Waals surface area contributed by atoms with Gasteiger partial charge in [-0.3, -0.25) is 9.89 Å². The number of likely N-dealkylation sites (tertiary alicyclic amines) is 1. The molecule has 1 unspecified atom stereocenters. The molecule has 4 rings (SSSR count). The van der Waals surface area contributed by atoms with E-state index in [-0.39, 0.29) is 11.9 Å². The van der Waals surface area contributed by atoms with Gasteiger partial charge in [0.15, 0.2) is 0 Å². The van der Waals surface area contributed by atoms with Gasteiger partial charge in [0.2, 0.25) is 5.91 Å². The van der Waals surface area contributed by atoms with Crippen LogP contribution >= 0.6 is 0 Å². The number of nitrogens with one attached hydrogen (secondary N) is 1. The first-order valence-corrected chi connectivity index (χ1v) is 9.82. The third-order valence-electron chi connectivity index (χ3n) is 5.60. The van der Waals surface area contributed by atoms with E-state index in [1.54, 1.807) is 6.33 Å². The average molecular weight is 366 g/mol. The van der Waals surface area contributed by atoms with Crippen LogP contribution in [0.5, 0.6) is 0 Å². The number of amides is 1. The van der Waals surface area contributed by atoms with Gasteiger partial charge in [-0.2, -0.15) is 5.10 Å². The van der Waals surface area contributed by atoms with Crippen LogP contribution in [0, 0.1) is 0 Å². The van der Waals surface area contributed by atoms with Crippen molar-refractivity contribution in [1.29, 1.82) is 0 Å². The first-order chi connectivity index (χ1) is 13.2. The second-order valence-electron chi connectivity index (χ2n) is 7.13. The molecule has 1 saturated heterocycles. The molecular formula is C20H26N6O. The molecule has 1 aromatic carbocycles. The number of nitrogens with zero attached hydrogens (tertiary/aromatic N) is 5. The Morgan fingerprint density at radius 2 is 2.04 bits per heavy atom. The van der Waals surface area contributed by atoms with E-state index in [0.29, 0.717) is 5.92 Å². The van der Waals surface area contributed by atoms with E-state index >= 15 is 0 Å². The van der Waals surface area contributed by atoms with Crippen LogP contribution < -0.4 is 0 Å². The summed E-state index contributed by atoms with van der Waals surface area (Å²) >= 11 is 0. The van der Waals surface area contributed by atoms with Crippen LogP contribution in [0.3, 0.4) is 0 Å². The van der Waals surface area contributed by atoms with E-state index in [1.807, 2.05) is 23.1 Å². The van der Waals surface area contributed by atoms with Gasteiger partial charge in [-0.15, -0.1) is 0 Å². The minimum absolute atomic E-state index is 0.200. The molecule has 3 aromatic rings. The van der Waals surface area contributed by atoms with Gasteiger partial charge < -0.3 is 9.47 Å². The van der Waals surface area contributed by atoms with Crippen LogP contribution in [0.4, 0.5) is 0 Å². The number of H-pyrrole nitrogens is 1. The van der Waals surface area contributed by atoms with Crippen LogP contribution in [0.2, 0.25) is 0 Å². The Kier molecular flexibility index (Phi) is 4.92. The number of aromatic nitrogens is 5. The maximum Gasteiger partial charge on any atom is 0.245 e. The monoisotopic (exact) mass is 366 g/mol. The molecule has 0 spiro atoms. The van der Waals surface area contributed by atoms with Gasteiger partial charge in [0, 0.05) is 25.4 Å². The van der Waals surface area contributed by atoms with Gasteiger partial charge in [-0.1, -0.05) is 26.0 Å². The lowest BCUT2D eigenvalue weighted by Crippen LogP contribution is -2.42. The Morgan fingerprint density at radius 3 is 2.70 bits per heavy atom. The molecule has 2 aromatic heterocycles. The number of hydrogen-bond acceptors (Lipinski definition) is 4. The predicted octanol–water partition coefficient (Wildman–Crippen LogP) is 3.07. The zero-order valence-corrected chi connectivity index (χ0v) is 15.9. The number of benzene rings is 1. The molecule has 1 fully saturated rings. The van der Waals surface area contributed by atoms with Crippen molar-refractivity contribution in [2.75, 3.05) is 13.1 Å². The summed E-state index contributed by atoms with van der Waals surface area (Å²) in [5, 5.41) is 6.91. The molecular weight excluding hydrogens is 340 g/mol. The molecule has 1 N–H and O–H groups in total. The van der Waals surface area contributed by atoms with Crippen LogP contribution in [0.25, 0.3) is 11.0 Å². The lowest BCUT2D eigenvalue weighted by Gasteiger charge is -2.34. The largest absolute Gasteiger partial charge is 0.341 e. The number of carbonyl (C=O) groups is 1. The Labute approximate surface area is 158 Å². The first-order valence-electron chi connectivity index (χ1n) is 9.82. The third kappa shape index (κ3) is 3.22. The number of aryl methyl sites for hydroxylation is 1. The smallest absolute Gasteiger partial charge is 0.245 e. The highest BCUT2D eigenvalue weighted by molar-refractivity contribution is 5.84. The van der Waals surface area contributed by atoms with Crippen molar-refractivity contribution in [3.63, 3.8) is 0 Å². The van der Waals surface area contributed by atoms with Gasteiger partial charge in [0.25, 0.3) is 0 Å². The van der Waals surface area contributed by atoms with Crippen LogP contribution in [-0.2, 0) is 11.2 Å². The zero-order valence-electron chi connectivity index (χ0n) is 15.9. The number of piperidine rings is 1. The van der Waals surface area contributed by atoms with Crippen molar-refractivity contribution in [3.05, 3.63) is 42.2 Å². The van der Waals surface area contributed by atoms with E-state index in [2.05, 4.69) is 39.7 Å². The number of carbonyl (C=O) groups excluding carboxylic acids is 1. The highest BCUT2D eigenvalue weighted by Gasteiger charge is 2.31. The Balaban J connectivity index is 1.56.